The van der Waals surface area contributed by atoms with E-state index in [-0.39, 0.29) is 18.1 Å². The number of amides is 1. The lowest BCUT2D eigenvalue weighted by Crippen LogP contribution is -2.23. The van der Waals surface area contributed by atoms with Crippen molar-refractivity contribution in [2.75, 3.05) is 0 Å². The van der Waals surface area contributed by atoms with E-state index in [0.29, 0.717) is 0 Å². The van der Waals surface area contributed by atoms with E-state index in [1.54, 1.807) is 0 Å². The van der Waals surface area contributed by atoms with Crippen molar-refractivity contribution in [2.45, 2.75) is 39.8 Å². The molecule has 3 nitrogen and oxygen atoms in total. The smallest absolute Gasteiger partial charge is 0.217 e. The normalized spacial score (nSPS) is 12.0. The fraction of sp³-hybridized carbons (Fsp3) is 0.316. The van der Waals surface area contributed by atoms with Gasteiger partial charge in [-0.15, -0.1) is 0 Å². The quantitative estimate of drug-likeness (QED) is 0.891. The van der Waals surface area contributed by atoms with Crippen LogP contribution < -0.4 is 10.1 Å². The van der Waals surface area contributed by atoms with Crippen LogP contribution in [0.1, 0.15) is 39.3 Å². The van der Waals surface area contributed by atoms with E-state index in [2.05, 4.69) is 23.5 Å². The topological polar surface area (TPSA) is 38.3 Å². The summed E-state index contributed by atoms with van der Waals surface area (Å²) in [5.74, 6) is 0.868. The molecular weight excluding hydrogens is 274 g/mol. The van der Waals surface area contributed by atoms with Crippen LogP contribution >= 0.6 is 0 Å². The van der Waals surface area contributed by atoms with Gasteiger partial charge in [-0.25, -0.2) is 0 Å². The maximum atomic E-state index is 11.1. The zero-order valence-corrected chi connectivity index (χ0v) is 13.6. The van der Waals surface area contributed by atoms with Crippen LogP contribution in [-0.4, -0.2) is 12.0 Å². The van der Waals surface area contributed by atoms with Crippen LogP contribution in [0, 0.1) is 0 Å². The Hall–Kier alpha value is -2.29. The van der Waals surface area contributed by atoms with Gasteiger partial charge < -0.3 is 10.1 Å². The van der Waals surface area contributed by atoms with Crippen molar-refractivity contribution < 1.29 is 9.53 Å². The summed E-state index contributed by atoms with van der Waals surface area (Å²) < 4.78 is 5.87. The first-order chi connectivity index (χ1) is 10.5. The molecule has 0 aliphatic rings. The maximum Gasteiger partial charge on any atom is 0.217 e. The fourth-order valence-corrected chi connectivity index (χ4v) is 2.40. The van der Waals surface area contributed by atoms with Gasteiger partial charge in [0.25, 0.3) is 0 Å². The third-order valence-corrected chi connectivity index (χ3v) is 3.39. The van der Waals surface area contributed by atoms with E-state index < -0.39 is 0 Å². The highest BCUT2D eigenvalue weighted by Crippen LogP contribution is 2.31. The van der Waals surface area contributed by atoms with E-state index in [9.17, 15) is 4.79 Å². The van der Waals surface area contributed by atoms with E-state index >= 15 is 0 Å². The first kappa shape index (κ1) is 16.1. The number of ether oxygens (including phenoxy) is 1. The first-order valence-electron chi connectivity index (χ1n) is 7.60. The molecule has 0 fully saturated rings. The van der Waals surface area contributed by atoms with E-state index in [1.165, 1.54) is 6.92 Å². The van der Waals surface area contributed by atoms with E-state index in [0.717, 1.165) is 22.4 Å². The van der Waals surface area contributed by atoms with Crippen LogP contribution in [0.15, 0.2) is 48.5 Å². The van der Waals surface area contributed by atoms with Gasteiger partial charge in [0.2, 0.25) is 5.91 Å². The molecule has 0 saturated heterocycles. The third kappa shape index (κ3) is 4.10. The van der Waals surface area contributed by atoms with E-state index in [4.69, 9.17) is 4.74 Å². The summed E-state index contributed by atoms with van der Waals surface area (Å²) >= 11 is 0. The van der Waals surface area contributed by atoms with Crippen LogP contribution in [0.2, 0.25) is 0 Å². The minimum Gasteiger partial charge on any atom is -0.490 e. The second kappa shape index (κ2) is 7.12. The van der Waals surface area contributed by atoms with Crippen molar-refractivity contribution in [1.29, 1.82) is 0 Å². The molecule has 0 radical (unpaired) electrons. The van der Waals surface area contributed by atoms with Gasteiger partial charge in [-0.05, 0) is 38.0 Å². The average molecular weight is 297 g/mol. The standard InChI is InChI=1S/C19H23NO2/c1-13(2)22-19-8-6-5-7-18(19)17-11-9-16(10-12-17)14(3)20-15(4)21/h5-14H,1-4H3,(H,20,21)/t14-/m0/s1. The molecule has 1 N–H and O–H groups in total. The van der Waals surface area contributed by atoms with Gasteiger partial charge in [0.05, 0.1) is 12.1 Å². The van der Waals surface area contributed by atoms with Gasteiger partial charge in [0, 0.05) is 12.5 Å². The Kier molecular flexibility index (Phi) is 5.21. The van der Waals surface area contributed by atoms with Crippen molar-refractivity contribution in [3.8, 4) is 16.9 Å². The SMILES string of the molecule is CC(=O)N[C@@H](C)c1ccc(-c2ccccc2OC(C)C)cc1. The molecule has 2 rings (SSSR count). The summed E-state index contributed by atoms with van der Waals surface area (Å²) in [6, 6.07) is 16.3. The zero-order chi connectivity index (χ0) is 16.1. The number of carbonyl (C=O) groups excluding carboxylic acids is 1. The van der Waals surface area contributed by atoms with Gasteiger partial charge >= 0.3 is 0 Å². The summed E-state index contributed by atoms with van der Waals surface area (Å²) in [5, 5.41) is 2.89. The van der Waals surface area contributed by atoms with Crippen LogP contribution in [0.5, 0.6) is 5.75 Å². The molecule has 2 aromatic carbocycles. The largest absolute Gasteiger partial charge is 0.490 e. The van der Waals surface area contributed by atoms with Crippen molar-refractivity contribution in [3.05, 3.63) is 54.1 Å². The maximum absolute atomic E-state index is 11.1. The average Bonchev–Trinajstić information content (AvgIpc) is 2.47. The Morgan fingerprint density at radius 2 is 1.64 bits per heavy atom. The lowest BCUT2D eigenvalue weighted by molar-refractivity contribution is -0.119. The Balaban J connectivity index is 2.26. The highest BCUT2D eigenvalue weighted by Gasteiger charge is 2.09. The van der Waals surface area contributed by atoms with Crippen LogP contribution in [0.4, 0.5) is 0 Å². The van der Waals surface area contributed by atoms with E-state index in [1.807, 2.05) is 51.1 Å². The van der Waals surface area contributed by atoms with Gasteiger partial charge in [-0.3, -0.25) is 4.79 Å². The molecule has 2 aromatic rings. The highest BCUT2D eigenvalue weighted by molar-refractivity contribution is 5.74. The predicted molar refractivity (Wildman–Crippen MR) is 89.9 cm³/mol. The summed E-state index contributed by atoms with van der Waals surface area (Å²) in [6.45, 7) is 7.56. The summed E-state index contributed by atoms with van der Waals surface area (Å²) in [7, 11) is 0. The Morgan fingerprint density at radius 1 is 1.00 bits per heavy atom. The number of hydrogen-bond donors (Lipinski definition) is 1. The number of rotatable bonds is 5. The molecule has 0 spiro atoms. The molecular formula is C19H23NO2. The molecule has 3 heteroatoms. The highest BCUT2D eigenvalue weighted by atomic mass is 16.5. The number of hydrogen-bond acceptors (Lipinski definition) is 2. The molecule has 22 heavy (non-hydrogen) atoms. The molecule has 0 saturated carbocycles. The lowest BCUT2D eigenvalue weighted by Gasteiger charge is -2.16. The predicted octanol–water partition coefficient (Wildman–Crippen LogP) is 4.34. The molecule has 0 heterocycles. The summed E-state index contributed by atoms with van der Waals surface area (Å²) in [5.41, 5.74) is 3.27. The molecule has 0 aliphatic heterocycles. The van der Waals surface area contributed by atoms with Crippen molar-refractivity contribution in [1.82, 2.24) is 5.32 Å². The fourth-order valence-electron chi connectivity index (χ4n) is 2.40. The third-order valence-electron chi connectivity index (χ3n) is 3.39. The minimum absolute atomic E-state index is 0.00806. The molecule has 0 unspecified atom stereocenters. The lowest BCUT2D eigenvalue weighted by atomic mass is 10.0. The van der Waals surface area contributed by atoms with Crippen LogP contribution in [-0.2, 0) is 4.79 Å². The van der Waals surface area contributed by atoms with Crippen molar-refractivity contribution in [3.63, 3.8) is 0 Å². The van der Waals surface area contributed by atoms with Crippen LogP contribution in [0.25, 0.3) is 11.1 Å². The summed E-state index contributed by atoms with van der Waals surface area (Å²) in [6.07, 6.45) is 0.139. The van der Waals surface area contributed by atoms with Gasteiger partial charge in [0.1, 0.15) is 5.75 Å². The van der Waals surface area contributed by atoms with Gasteiger partial charge in [0.15, 0.2) is 0 Å². The Bertz CT molecular complexity index is 632. The zero-order valence-electron chi connectivity index (χ0n) is 13.6. The van der Waals surface area contributed by atoms with Crippen LogP contribution in [0.3, 0.4) is 0 Å². The summed E-state index contributed by atoms with van der Waals surface area (Å²) in [4.78, 5) is 11.1. The Morgan fingerprint density at radius 3 is 2.23 bits per heavy atom. The van der Waals surface area contributed by atoms with Gasteiger partial charge in [-0.2, -0.15) is 0 Å². The molecule has 1 amide bonds. The number of benzene rings is 2. The molecule has 1 atom stereocenters. The number of para-hydroxylation sites is 1. The second-order valence-corrected chi connectivity index (χ2v) is 5.71. The Labute approximate surface area is 132 Å². The minimum atomic E-state index is -0.0211. The van der Waals surface area contributed by atoms with Gasteiger partial charge in [-0.1, -0.05) is 42.5 Å². The van der Waals surface area contributed by atoms with Crippen molar-refractivity contribution >= 4 is 5.91 Å². The molecule has 0 bridgehead atoms. The molecule has 0 aliphatic carbocycles. The monoisotopic (exact) mass is 297 g/mol. The molecule has 116 valence electrons. The first-order valence-corrected chi connectivity index (χ1v) is 7.60. The number of carbonyl (C=O) groups is 1. The second-order valence-electron chi connectivity index (χ2n) is 5.71. The van der Waals surface area contributed by atoms with Crippen molar-refractivity contribution in [2.24, 2.45) is 0 Å². The number of nitrogens with one attached hydrogen (secondary N) is 1. The molecule has 0 aromatic heterocycles.